The zero-order valence-electron chi connectivity index (χ0n) is 12.8. The molecule has 0 radical (unpaired) electrons. The molecule has 0 saturated carbocycles. The van der Waals surface area contributed by atoms with Gasteiger partial charge in [-0.15, -0.1) is 0 Å². The average Bonchev–Trinajstić information content (AvgIpc) is 2.50. The van der Waals surface area contributed by atoms with Crippen molar-refractivity contribution in [3.8, 4) is 0 Å². The van der Waals surface area contributed by atoms with Crippen molar-refractivity contribution in [2.24, 2.45) is 5.73 Å². The number of nitrogens with one attached hydrogen (secondary N) is 1. The molecular formula is C16H28N4. The second kappa shape index (κ2) is 7.18. The Morgan fingerprint density at radius 3 is 2.35 bits per heavy atom. The Kier molecular flexibility index (Phi) is 5.54. The van der Waals surface area contributed by atoms with Crippen molar-refractivity contribution in [3.63, 3.8) is 0 Å². The summed E-state index contributed by atoms with van der Waals surface area (Å²) in [7, 11) is 2.18. The largest absolute Gasteiger partial charge is 0.329 e. The van der Waals surface area contributed by atoms with Crippen molar-refractivity contribution in [1.82, 2.24) is 15.3 Å². The first kappa shape index (κ1) is 15.4. The highest BCUT2D eigenvalue weighted by atomic mass is 15.5. The van der Waals surface area contributed by atoms with Crippen LogP contribution >= 0.6 is 0 Å². The number of nitrogens with two attached hydrogens (primary N) is 1. The molecule has 3 N–H and O–H groups in total. The van der Waals surface area contributed by atoms with Crippen LogP contribution in [0.15, 0.2) is 30.3 Å². The molecule has 0 aromatic heterocycles. The second-order valence-electron chi connectivity index (χ2n) is 5.90. The van der Waals surface area contributed by atoms with Crippen molar-refractivity contribution in [2.45, 2.75) is 25.3 Å². The number of nitrogens with zero attached hydrogens (tertiary/aromatic N) is 2. The van der Waals surface area contributed by atoms with E-state index in [1.807, 2.05) is 0 Å². The van der Waals surface area contributed by atoms with Gasteiger partial charge in [-0.25, -0.2) is 10.4 Å². The molecule has 1 atom stereocenters. The lowest BCUT2D eigenvalue weighted by Crippen LogP contribution is -2.62. The molecule has 1 saturated heterocycles. The Bertz CT molecular complexity index is 381. The summed E-state index contributed by atoms with van der Waals surface area (Å²) in [6, 6.07) is 10.6. The van der Waals surface area contributed by atoms with Crippen LogP contribution in [0.25, 0.3) is 0 Å². The van der Waals surface area contributed by atoms with Gasteiger partial charge in [0.15, 0.2) is 0 Å². The molecule has 2 rings (SSSR count). The molecule has 0 aliphatic carbocycles. The average molecular weight is 276 g/mol. The van der Waals surface area contributed by atoms with E-state index in [0.717, 1.165) is 39.0 Å². The summed E-state index contributed by atoms with van der Waals surface area (Å²) in [5.41, 5.74) is 11.1. The first-order chi connectivity index (χ1) is 9.67. The third-order valence-electron chi connectivity index (χ3n) is 4.35. The summed E-state index contributed by atoms with van der Waals surface area (Å²) in [6.45, 7) is 7.23. The van der Waals surface area contributed by atoms with Crippen molar-refractivity contribution in [1.29, 1.82) is 0 Å². The van der Waals surface area contributed by atoms with Crippen molar-refractivity contribution in [2.75, 3.05) is 39.8 Å². The van der Waals surface area contributed by atoms with Crippen LogP contribution in [0.3, 0.4) is 0 Å². The number of benzene rings is 1. The van der Waals surface area contributed by atoms with Crippen molar-refractivity contribution in [3.05, 3.63) is 35.9 Å². The van der Waals surface area contributed by atoms with Gasteiger partial charge in [0.25, 0.3) is 0 Å². The van der Waals surface area contributed by atoms with Gasteiger partial charge >= 0.3 is 0 Å². The number of rotatable bonds is 6. The smallest absolute Gasteiger partial charge is 0.0485 e. The van der Waals surface area contributed by atoms with E-state index < -0.39 is 0 Å². The molecule has 1 aromatic rings. The maximum Gasteiger partial charge on any atom is 0.0485 e. The van der Waals surface area contributed by atoms with Crippen molar-refractivity contribution >= 4 is 0 Å². The van der Waals surface area contributed by atoms with Gasteiger partial charge in [-0.2, -0.15) is 0 Å². The van der Waals surface area contributed by atoms with Crippen LogP contribution in [-0.4, -0.2) is 55.2 Å². The highest BCUT2D eigenvalue weighted by Gasteiger charge is 2.30. The molecule has 1 aromatic carbocycles. The molecule has 1 unspecified atom stereocenters. The minimum Gasteiger partial charge on any atom is -0.329 e. The Morgan fingerprint density at radius 2 is 1.80 bits per heavy atom. The van der Waals surface area contributed by atoms with Gasteiger partial charge in [0.2, 0.25) is 0 Å². The molecule has 1 aliphatic heterocycles. The number of piperazine rings is 1. The monoisotopic (exact) mass is 276 g/mol. The summed E-state index contributed by atoms with van der Waals surface area (Å²) >= 11 is 0. The number of hydrogen-bond acceptors (Lipinski definition) is 4. The van der Waals surface area contributed by atoms with Gasteiger partial charge in [-0.1, -0.05) is 37.3 Å². The molecule has 0 bridgehead atoms. The molecule has 4 nitrogen and oxygen atoms in total. The number of hydrazine groups is 1. The lowest BCUT2D eigenvalue weighted by molar-refractivity contribution is 0.0528. The molecule has 0 amide bonds. The predicted molar refractivity (Wildman–Crippen MR) is 84.4 cm³/mol. The summed E-state index contributed by atoms with van der Waals surface area (Å²) in [5, 5.41) is 2.35. The van der Waals surface area contributed by atoms with Gasteiger partial charge in [0.1, 0.15) is 0 Å². The first-order valence-corrected chi connectivity index (χ1v) is 7.63. The molecule has 1 heterocycles. The minimum absolute atomic E-state index is 0.0305. The zero-order chi connectivity index (χ0) is 14.4. The fourth-order valence-corrected chi connectivity index (χ4v) is 2.75. The van der Waals surface area contributed by atoms with E-state index in [1.165, 1.54) is 5.56 Å². The summed E-state index contributed by atoms with van der Waals surface area (Å²) in [5.74, 6) is 0. The lowest BCUT2D eigenvalue weighted by Gasteiger charge is -2.41. The SMILES string of the molecule is CCC(CN)(Cc1ccccc1)NN1CCN(C)CC1. The number of likely N-dealkylation sites (N-methyl/N-ethyl adjacent to an activating group) is 1. The number of hydrogen-bond donors (Lipinski definition) is 2. The highest BCUT2D eigenvalue weighted by molar-refractivity contribution is 5.18. The van der Waals surface area contributed by atoms with Gasteiger partial charge in [0.05, 0.1) is 0 Å². The molecule has 0 spiro atoms. The van der Waals surface area contributed by atoms with Gasteiger partial charge in [0, 0.05) is 38.3 Å². The molecule has 20 heavy (non-hydrogen) atoms. The molecule has 112 valence electrons. The van der Waals surface area contributed by atoms with Crippen LogP contribution in [0.2, 0.25) is 0 Å². The zero-order valence-corrected chi connectivity index (χ0v) is 12.8. The second-order valence-corrected chi connectivity index (χ2v) is 5.90. The van der Waals surface area contributed by atoms with E-state index in [1.54, 1.807) is 0 Å². The summed E-state index contributed by atoms with van der Waals surface area (Å²) < 4.78 is 0. The van der Waals surface area contributed by atoms with E-state index in [-0.39, 0.29) is 5.54 Å². The van der Waals surface area contributed by atoms with E-state index in [0.29, 0.717) is 6.54 Å². The van der Waals surface area contributed by atoms with Crippen LogP contribution in [0.1, 0.15) is 18.9 Å². The minimum atomic E-state index is -0.0305. The van der Waals surface area contributed by atoms with Crippen LogP contribution in [0, 0.1) is 0 Å². The van der Waals surface area contributed by atoms with E-state index in [4.69, 9.17) is 5.73 Å². The maximum atomic E-state index is 6.11. The van der Waals surface area contributed by atoms with Crippen LogP contribution < -0.4 is 11.2 Å². The van der Waals surface area contributed by atoms with Gasteiger partial charge in [-0.3, -0.25) is 0 Å². The maximum absolute atomic E-state index is 6.11. The van der Waals surface area contributed by atoms with Crippen LogP contribution in [0.5, 0.6) is 0 Å². The van der Waals surface area contributed by atoms with E-state index in [9.17, 15) is 0 Å². The molecule has 1 aliphatic rings. The van der Waals surface area contributed by atoms with Crippen LogP contribution in [0.4, 0.5) is 0 Å². The Balaban J connectivity index is 2.01. The normalized spacial score (nSPS) is 20.8. The van der Waals surface area contributed by atoms with Crippen LogP contribution in [-0.2, 0) is 6.42 Å². The Hall–Kier alpha value is -0.940. The lowest BCUT2D eigenvalue weighted by atomic mass is 9.89. The highest BCUT2D eigenvalue weighted by Crippen LogP contribution is 2.17. The fourth-order valence-electron chi connectivity index (χ4n) is 2.75. The topological polar surface area (TPSA) is 44.5 Å². The Morgan fingerprint density at radius 1 is 1.15 bits per heavy atom. The molecular weight excluding hydrogens is 248 g/mol. The standard InChI is InChI=1S/C16H28N4/c1-3-16(14-17,13-15-7-5-4-6-8-15)18-20-11-9-19(2)10-12-20/h4-8,18H,3,9-14,17H2,1-2H3. The van der Waals surface area contributed by atoms with Crippen molar-refractivity contribution < 1.29 is 0 Å². The van der Waals surface area contributed by atoms with E-state index in [2.05, 4.69) is 59.6 Å². The van der Waals surface area contributed by atoms with E-state index >= 15 is 0 Å². The first-order valence-electron chi connectivity index (χ1n) is 7.63. The fraction of sp³-hybridized carbons (Fsp3) is 0.625. The predicted octanol–water partition coefficient (Wildman–Crippen LogP) is 1.09. The molecule has 4 heteroatoms. The summed E-state index contributed by atoms with van der Waals surface area (Å²) in [6.07, 6.45) is 2.01. The molecule has 1 fully saturated rings. The third-order valence-corrected chi connectivity index (χ3v) is 4.35. The van der Waals surface area contributed by atoms with Gasteiger partial charge in [-0.05, 0) is 25.5 Å². The quantitative estimate of drug-likeness (QED) is 0.816. The Labute approximate surface area is 122 Å². The van der Waals surface area contributed by atoms with Gasteiger partial charge < -0.3 is 10.6 Å². The summed E-state index contributed by atoms with van der Waals surface area (Å²) in [4.78, 5) is 2.37. The third kappa shape index (κ3) is 4.03.